The highest BCUT2D eigenvalue weighted by Gasteiger charge is 2.51. The number of hydrogen-bond donors (Lipinski definition) is 2. The Balaban J connectivity index is 1.67. The quantitative estimate of drug-likeness (QED) is 0.273. The lowest BCUT2D eigenvalue weighted by Crippen LogP contribution is -2.53. The third-order valence-corrected chi connectivity index (χ3v) is 8.75. The van der Waals surface area contributed by atoms with Gasteiger partial charge >= 0.3 is 18.0 Å². The van der Waals surface area contributed by atoms with Crippen molar-refractivity contribution in [2.24, 2.45) is 23.2 Å². The first kappa shape index (κ1) is 29.3. The van der Waals surface area contributed by atoms with Crippen LogP contribution in [0.15, 0.2) is 11.6 Å². The number of carbonyl (C=O) groups is 4. The number of carbonyl (C=O) groups excluding carboxylic acids is 4. The average molecular weight is 539 g/mol. The summed E-state index contributed by atoms with van der Waals surface area (Å²) in [6.45, 7) is 11.3. The van der Waals surface area contributed by atoms with Gasteiger partial charge in [0.1, 0.15) is 23.8 Å². The number of hydrogen-bond acceptors (Lipinski definition) is 8. The Morgan fingerprint density at radius 2 is 1.97 bits per heavy atom. The predicted octanol–water partition coefficient (Wildman–Crippen LogP) is 3.60. The highest BCUT2D eigenvalue weighted by molar-refractivity contribution is 7.99. The molecule has 2 amide bonds. The van der Waals surface area contributed by atoms with Crippen molar-refractivity contribution in [1.82, 2.24) is 10.6 Å². The number of amides is 2. The fourth-order valence-electron chi connectivity index (χ4n) is 5.74. The van der Waals surface area contributed by atoms with Gasteiger partial charge in [0.25, 0.3) is 0 Å². The molecule has 0 radical (unpaired) electrons. The minimum Gasteiger partial charge on any atom is -0.467 e. The van der Waals surface area contributed by atoms with Crippen LogP contribution >= 0.6 is 11.8 Å². The SMILES string of the molecule is COC(=O)[C@H](C)NC(=O)[C@@H](CSC[C@H]1C(=O)O[C@@H]2C[C@@]3(C)CCC[C@H](C)C3=C[C@@H]21)NC(=O)OC(C)(C)C. The molecule has 0 aromatic heterocycles. The summed E-state index contributed by atoms with van der Waals surface area (Å²) in [6, 6.07) is -1.84. The van der Waals surface area contributed by atoms with Gasteiger partial charge in [0, 0.05) is 17.4 Å². The van der Waals surface area contributed by atoms with Gasteiger partial charge in [-0.3, -0.25) is 9.59 Å². The summed E-state index contributed by atoms with van der Waals surface area (Å²) in [6.07, 6.45) is 5.80. The van der Waals surface area contributed by atoms with E-state index in [4.69, 9.17) is 9.47 Å². The number of thioether (sulfide) groups is 1. The molecule has 10 heteroatoms. The monoisotopic (exact) mass is 538 g/mol. The number of methoxy groups -OCH3 is 1. The Kier molecular flexibility index (Phi) is 9.24. The molecule has 0 unspecified atom stereocenters. The molecule has 37 heavy (non-hydrogen) atoms. The first-order valence-electron chi connectivity index (χ1n) is 13.1. The van der Waals surface area contributed by atoms with E-state index in [0.29, 0.717) is 11.7 Å². The Hall–Kier alpha value is -2.23. The van der Waals surface area contributed by atoms with E-state index >= 15 is 0 Å². The molecular formula is C27H42N2O7S. The molecule has 2 N–H and O–H groups in total. The molecule has 1 aliphatic heterocycles. The molecular weight excluding hydrogens is 496 g/mol. The summed E-state index contributed by atoms with van der Waals surface area (Å²) in [5.74, 6) is -0.442. The molecule has 0 bridgehead atoms. The van der Waals surface area contributed by atoms with Crippen LogP contribution in [0.2, 0.25) is 0 Å². The van der Waals surface area contributed by atoms with Gasteiger partial charge in [0.2, 0.25) is 5.91 Å². The van der Waals surface area contributed by atoms with Crippen LogP contribution < -0.4 is 10.6 Å². The molecule has 9 nitrogen and oxygen atoms in total. The number of allylic oxidation sites excluding steroid dienone is 1. The second-order valence-electron chi connectivity index (χ2n) is 11.8. The first-order chi connectivity index (χ1) is 17.2. The molecule has 2 aliphatic carbocycles. The molecule has 2 fully saturated rings. The van der Waals surface area contributed by atoms with Crippen molar-refractivity contribution in [1.29, 1.82) is 0 Å². The average Bonchev–Trinajstić information content (AvgIpc) is 3.08. The third-order valence-electron chi connectivity index (χ3n) is 7.58. The van der Waals surface area contributed by atoms with Gasteiger partial charge in [-0.05, 0) is 58.3 Å². The van der Waals surface area contributed by atoms with Gasteiger partial charge in [-0.1, -0.05) is 31.9 Å². The lowest BCUT2D eigenvalue weighted by Gasteiger charge is -2.46. The van der Waals surface area contributed by atoms with Gasteiger partial charge in [-0.2, -0.15) is 11.8 Å². The Labute approximate surface area is 224 Å². The second kappa shape index (κ2) is 11.7. The molecule has 7 atom stereocenters. The largest absolute Gasteiger partial charge is 0.467 e. The fourth-order valence-corrected chi connectivity index (χ4v) is 6.96. The minimum atomic E-state index is -0.966. The number of alkyl carbamates (subject to hydrolysis) is 1. The molecule has 0 aromatic carbocycles. The normalized spacial score (nSPS) is 30.6. The van der Waals surface area contributed by atoms with Crippen molar-refractivity contribution in [3.05, 3.63) is 11.6 Å². The topological polar surface area (TPSA) is 120 Å². The maximum atomic E-state index is 12.9. The number of nitrogens with one attached hydrogen (secondary N) is 2. The summed E-state index contributed by atoms with van der Waals surface area (Å²) in [5, 5.41) is 5.18. The lowest BCUT2D eigenvalue weighted by atomic mass is 9.59. The summed E-state index contributed by atoms with van der Waals surface area (Å²) in [4.78, 5) is 49.9. The van der Waals surface area contributed by atoms with Gasteiger partial charge in [-0.15, -0.1) is 0 Å². The lowest BCUT2D eigenvalue weighted by molar-refractivity contribution is -0.145. The van der Waals surface area contributed by atoms with E-state index in [1.807, 2.05) is 0 Å². The van der Waals surface area contributed by atoms with Crippen LogP contribution in [0.1, 0.15) is 67.2 Å². The van der Waals surface area contributed by atoms with E-state index in [2.05, 4.69) is 35.3 Å². The first-order valence-corrected chi connectivity index (χ1v) is 14.3. The van der Waals surface area contributed by atoms with Crippen molar-refractivity contribution in [2.75, 3.05) is 18.6 Å². The van der Waals surface area contributed by atoms with Crippen molar-refractivity contribution >= 4 is 35.7 Å². The van der Waals surface area contributed by atoms with Crippen LogP contribution in [0.5, 0.6) is 0 Å². The molecule has 208 valence electrons. The van der Waals surface area contributed by atoms with E-state index in [1.165, 1.54) is 44.2 Å². The molecule has 3 aliphatic rings. The number of rotatable bonds is 8. The molecule has 0 spiro atoms. The van der Waals surface area contributed by atoms with Crippen LogP contribution in [-0.4, -0.2) is 66.3 Å². The van der Waals surface area contributed by atoms with Gasteiger partial charge < -0.3 is 24.8 Å². The van der Waals surface area contributed by atoms with Crippen LogP contribution in [0.3, 0.4) is 0 Å². The van der Waals surface area contributed by atoms with E-state index in [-0.39, 0.29) is 35.1 Å². The molecule has 1 saturated carbocycles. The summed E-state index contributed by atoms with van der Waals surface area (Å²) in [7, 11) is 1.24. The van der Waals surface area contributed by atoms with E-state index in [9.17, 15) is 19.2 Å². The maximum absolute atomic E-state index is 12.9. The van der Waals surface area contributed by atoms with Gasteiger partial charge in [0.05, 0.1) is 13.0 Å². The van der Waals surface area contributed by atoms with Crippen molar-refractivity contribution in [3.63, 3.8) is 0 Å². The standard InChI is InChI=1S/C27H42N2O7S/c1-15-9-8-10-27(6)12-21-17(11-19(15)27)18(24(32)35-21)13-37-14-20(29-25(33)36-26(3,4)5)22(30)28-16(2)23(31)34-7/h11,15-18,20-21H,8-10,12-14H2,1-7H3,(H,28,30)(H,29,33)/t15-,16-,17+,18+,20+,21+,27+/m0/s1. The van der Waals surface area contributed by atoms with Gasteiger partial charge in [0.15, 0.2) is 0 Å². The molecule has 1 heterocycles. The molecule has 1 saturated heterocycles. The number of ether oxygens (including phenoxy) is 3. The highest BCUT2D eigenvalue weighted by Crippen LogP contribution is 2.54. The van der Waals surface area contributed by atoms with Gasteiger partial charge in [-0.25, -0.2) is 9.59 Å². The van der Waals surface area contributed by atoms with E-state index < -0.39 is 35.7 Å². The van der Waals surface area contributed by atoms with E-state index in [1.54, 1.807) is 20.8 Å². The zero-order valence-corrected chi connectivity index (χ0v) is 23.9. The van der Waals surface area contributed by atoms with Crippen molar-refractivity contribution in [3.8, 4) is 0 Å². The Bertz CT molecular complexity index is 930. The third kappa shape index (κ3) is 7.21. The highest BCUT2D eigenvalue weighted by atomic mass is 32.2. The summed E-state index contributed by atoms with van der Waals surface area (Å²) < 4.78 is 15.8. The van der Waals surface area contributed by atoms with Crippen molar-refractivity contribution < 1.29 is 33.4 Å². The predicted molar refractivity (Wildman–Crippen MR) is 141 cm³/mol. The zero-order chi connectivity index (χ0) is 27.5. The number of esters is 2. The Morgan fingerprint density at radius 3 is 2.62 bits per heavy atom. The molecule has 3 rings (SSSR count). The Morgan fingerprint density at radius 1 is 1.27 bits per heavy atom. The van der Waals surface area contributed by atoms with Crippen LogP contribution in [0.4, 0.5) is 4.79 Å². The summed E-state index contributed by atoms with van der Waals surface area (Å²) >= 11 is 1.40. The molecule has 0 aromatic rings. The van der Waals surface area contributed by atoms with Crippen LogP contribution in [-0.2, 0) is 28.6 Å². The number of fused-ring (bicyclic) bond motifs is 2. The minimum absolute atomic E-state index is 0.0223. The fraction of sp³-hybridized carbons (Fsp3) is 0.778. The van der Waals surface area contributed by atoms with Crippen LogP contribution in [0, 0.1) is 23.2 Å². The smallest absolute Gasteiger partial charge is 0.408 e. The second-order valence-corrected chi connectivity index (χ2v) is 12.9. The zero-order valence-electron chi connectivity index (χ0n) is 23.1. The van der Waals surface area contributed by atoms with Crippen molar-refractivity contribution in [2.45, 2.75) is 91.0 Å². The van der Waals surface area contributed by atoms with E-state index in [0.717, 1.165) is 12.8 Å². The maximum Gasteiger partial charge on any atom is 0.408 e. The van der Waals surface area contributed by atoms with Crippen LogP contribution in [0.25, 0.3) is 0 Å². The summed E-state index contributed by atoms with van der Waals surface area (Å²) in [5.41, 5.74) is 0.811.